The van der Waals surface area contributed by atoms with Crippen LogP contribution in [0.15, 0.2) is 17.7 Å². The smallest absolute Gasteiger partial charge is 0.450 e. The molecule has 0 bridgehead atoms. The summed E-state index contributed by atoms with van der Waals surface area (Å²) in [5, 5.41) is 10.1. The maximum atomic E-state index is 12.6. The summed E-state index contributed by atoms with van der Waals surface area (Å²) in [6.07, 6.45) is 1.24. The van der Waals surface area contributed by atoms with Gasteiger partial charge in [-0.3, -0.25) is 9.69 Å². The van der Waals surface area contributed by atoms with Crippen LogP contribution in [0.2, 0.25) is 0 Å². The van der Waals surface area contributed by atoms with E-state index < -0.39 is 38.2 Å². The number of hydrogen-bond acceptors (Lipinski definition) is 7. The zero-order chi connectivity index (χ0) is 16.1. The van der Waals surface area contributed by atoms with Crippen molar-refractivity contribution in [2.75, 3.05) is 0 Å². The van der Waals surface area contributed by atoms with Crippen LogP contribution >= 0.6 is 11.3 Å². The minimum absolute atomic E-state index is 0.150. The molecule has 2 aliphatic heterocycles. The summed E-state index contributed by atoms with van der Waals surface area (Å²) in [5.41, 5.74) is 0. The summed E-state index contributed by atoms with van der Waals surface area (Å²) in [4.78, 5) is 27.5. The van der Waals surface area contributed by atoms with Gasteiger partial charge >= 0.3 is 6.16 Å². The largest absolute Gasteiger partial charge is 0.507 e. The topological polar surface area (TPSA) is 114 Å². The molecule has 22 heavy (non-hydrogen) atoms. The molecule has 1 aromatic heterocycles. The Morgan fingerprint density at radius 2 is 2.36 bits per heavy atom. The van der Waals surface area contributed by atoms with E-state index in [4.69, 9.17) is 9.84 Å². The average molecular weight is 344 g/mol. The number of thiazole rings is 1. The molecule has 3 atom stereocenters. The summed E-state index contributed by atoms with van der Waals surface area (Å²) < 4.78 is 28.3. The molecule has 3 rings (SSSR count). The third kappa shape index (κ3) is 1.94. The molecule has 3 heterocycles. The first-order valence-electron chi connectivity index (χ1n) is 6.30. The van der Waals surface area contributed by atoms with Crippen molar-refractivity contribution < 1.29 is 27.9 Å². The first-order valence-corrected chi connectivity index (χ1v) is 8.73. The number of carboxylic acid groups (broad SMARTS) is 1. The van der Waals surface area contributed by atoms with Crippen molar-refractivity contribution in [2.45, 2.75) is 29.7 Å². The lowest BCUT2D eigenvalue weighted by atomic mass is 10.0. The molecule has 0 radical (unpaired) electrons. The Kier molecular flexibility index (Phi) is 3.25. The third-order valence-electron chi connectivity index (χ3n) is 3.88. The Labute approximate surface area is 129 Å². The number of rotatable bonds is 3. The number of carbonyl (C=O) groups is 2. The molecule has 0 spiro atoms. The van der Waals surface area contributed by atoms with Gasteiger partial charge in [-0.05, 0) is 13.0 Å². The molecule has 0 aliphatic carbocycles. The second-order valence-corrected chi connectivity index (χ2v) is 8.57. The van der Waals surface area contributed by atoms with Crippen LogP contribution in [-0.4, -0.2) is 51.8 Å². The van der Waals surface area contributed by atoms with Crippen LogP contribution in [-0.2, 0) is 19.4 Å². The van der Waals surface area contributed by atoms with Crippen molar-refractivity contribution in [1.29, 1.82) is 0 Å². The van der Waals surface area contributed by atoms with E-state index in [9.17, 15) is 18.0 Å². The number of ether oxygens (including phenoxy) is 1. The minimum Gasteiger partial charge on any atom is -0.450 e. The first-order chi connectivity index (χ1) is 10.3. The molecule has 2 aliphatic rings. The molecule has 118 valence electrons. The van der Waals surface area contributed by atoms with Gasteiger partial charge in [-0.15, -0.1) is 11.3 Å². The fourth-order valence-corrected chi connectivity index (χ4v) is 5.36. The summed E-state index contributed by atoms with van der Waals surface area (Å²) in [7, 11) is -3.80. The molecule has 8 nitrogen and oxygen atoms in total. The van der Waals surface area contributed by atoms with Crippen molar-refractivity contribution in [3.05, 3.63) is 22.7 Å². The predicted octanol–water partition coefficient (Wildman–Crippen LogP) is 0.923. The van der Waals surface area contributed by atoms with E-state index in [2.05, 4.69) is 4.98 Å². The van der Waals surface area contributed by atoms with Crippen molar-refractivity contribution in [2.24, 2.45) is 0 Å². The number of carbonyl (C=O) groups excluding carboxylic acids is 1. The van der Waals surface area contributed by atoms with Crippen molar-refractivity contribution in [3.63, 3.8) is 0 Å². The predicted molar refractivity (Wildman–Crippen MR) is 76.6 cm³/mol. The first kappa shape index (κ1) is 15.0. The van der Waals surface area contributed by atoms with Crippen molar-refractivity contribution >= 4 is 39.3 Å². The highest BCUT2D eigenvalue weighted by Gasteiger charge is 2.68. The maximum absolute atomic E-state index is 12.6. The Morgan fingerprint density at radius 3 is 2.91 bits per heavy atom. The second kappa shape index (κ2) is 4.78. The number of β-lactam (4-membered cyclic amide) rings is 1. The van der Waals surface area contributed by atoms with Gasteiger partial charge in [0, 0.05) is 11.6 Å². The van der Waals surface area contributed by atoms with Crippen LogP contribution in [0.4, 0.5) is 4.79 Å². The summed E-state index contributed by atoms with van der Waals surface area (Å²) in [6.45, 7) is 1.35. The Balaban J connectivity index is 2.04. The highest BCUT2D eigenvalue weighted by Crippen LogP contribution is 2.47. The summed E-state index contributed by atoms with van der Waals surface area (Å²) >= 11 is 1.31. The zero-order valence-corrected chi connectivity index (χ0v) is 13.0. The standard InChI is InChI=1S/C12H12N2O6S2/c1-12(3-2-7-13-4-5-21-7)10(20-11(16)17)14-8(15)6-9(14)22(12,18)19/h2-5,9-10H,6H2,1H3,(H,16,17)/b3-2+/t9-,10+,12+/m1/s1. The van der Waals surface area contributed by atoms with E-state index >= 15 is 0 Å². The highest BCUT2D eigenvalue weighted by atomic mass is 32.2. The van der Waals surface area contributed by atoms with E-state index in [1.165, 1.54) is 30.4 Å². The van der Waals surface area contributed by atoms with Crippen LogP contribution in [0.5, 0.6) is 0 Å². The number of fused-ring (bicyclic) bond motifs is 1. The lowest BCUT2D eigenvalue weighted by Gasteiger charge is -2.36. The van der Waals surface area contributed by atoms with E-state index in [1.807, 2.05) is 0 Å². The van der Waals surface area contributed by atoms with Crippen LogP contribution in [0.25, 0.3) is 6.08 Å². The Hall–Kier alpha value is -1.94. The van der Waals surface area contributed by atoms with Crippen LogP contribution < -0.4 is 0 Å². The van der Waals surface area contributed by atoms with Gasteiger partial charge in [0.1, 0.15) is 15.1 Å². The van der Waals surface area contributed by atoms with Crippen LogP contribution in [0.3, 0.4) is 0 Å². The van der Waals surface area contributed by atoms with E-state index in [-0.39, 0.29) is 6.42 Å². The molecule has 1 aromatic rings. The van der Waals surface area contributed by atoms with Crippen LogP contribution in [0.1, 0.15) is 18.4 Å². The molecule has 1 amide bonds. The molecule has 0 aromatic carbocycles. The van der Waals surface area contributed by atoms with E-state index in [0.717, 1.165) is 4.90 Å². The molecule has 0 unspecified atom stereocenters. The third-order valence-corrected chi connectivity index (χ3v) is 7.30. The Morgan fingerprint density at radius 1 is 1.64 bits per heavy atom. The number of aromatic nitrogens is 1. The molecular formula is C12H12N2O6S2. The van der Waals surface area contributed by atoms with Crippen molar-refractivity contribution in [3.8, 4) is 0 Å². The van der Waals surface area contributed by atoms with Gasteiger partial charge in [0.2, 0.25) is 12.1 Å². The van der Waals surface area contributed by atoms with E-state index in [0.29, 0.717) is 5.01 Å². The van der Waals surface area contributed by atoms with Gasteiger partial charge < -0.3 is 9.84 Å². The van der Waals surface area contributed by atoms with E-state index in [1.54, 1.807) is 11.6 Å². The second-order valence-electron chi connectivity index (χ2n) is 5.13. The zero-order valence-electron chi connectivity index (χ0n) is 11.4. The highest BCUT2D eigenvalue weighted by molar-refractivity contribution is 7.94. The van der Waals surface area contributed by atoms with Crippen LogP contribution in [0, 0.1) is 0 Å². The van der Waals surface area contributed by atoms with Crippen molar-refractivity contribution in [1.82, 2.24) is 9.88 Å². The number of nitrogens with zero attached hydrogens (tertiary/aromatic N) is 2. The number of sulfone groups is 1. The van der Waals surface area contributed by atoms with Gasteiger partial charge in [0.15, 0.2) is 9.84 Å². The monoisotopic (exact) mass is 344 g/mol. The fourth-order valence-electron chi connectivity index (χ4n) is 2.65. The lowest BCUT2D eigenvalue weighted by molar-refractivity contribution is -0.156. The molecule has 2 fully saturated rings. The SMILES string of the molecule is C[C@]1(/C=C/c2nccs2)[C@H](OC(=O)O)N2C(=O)C[C@H]2S1(=O)=O. The van der Waals surface area contributed by atoms with Gasteiger partial charge in [-0.2, -0.15) is 0 Å². The molecule has 2 saturated heterocycles. The van der Waals surface area contributed by atoms with Gasteiger partial charge in [-0.25, -0.2) is 18.2 Å². The quantitative estimate of drug-likeness (QED) is 0.640. The normalized spacial score (nSPS) is 32.8. The average Bonchev–Trinajstić information content (AvgIpc) is 2.96. The lowest BCUT2D eigenvalue weighted by Crippen LogP contribution is -2.55. The molecular weight excluding hydrogens is 332 g/mol. The minimum atomic E-state index is -3.80. The summed E-state index contributed by atoms with van der Waals surface area (Å²) in [6, 6.07) is 0. The maximum Gasteiger partial charge on any atom is 0.507 e. The molecule has 0 saturated carbocycles. The fraction of sp³-hybridized carbons (Fsp3) is 0.417. The van der Waals surface area contributed by atoms with Gasteiger partial charge in [0.05, 0.1) is 6.42 Å². The number of amides is 1. The van der Waals surface area contributed by atoms with Gasteiger partial charge in [0.25, 0.3) is 0 Å². The number of hydrogen-bond donors (Lipinski definition) is 1. The van der Waals surface area contributed by atoms with Gasteiger partial charge in [-0.1, -0.05) is 6.08 Å². The molecule has 1 N–H and O–H groups in total. The summed E-state index contributed by atoms with van der Waals surface area (Å²) in [5.74, 6) is -0.439. The molecule has 10 heteroatoms. The Bertz CT molecular complexity index is 757.